The van der Waals surface area contributed by atoms with Gasteiger partial charge in [0.15, 0.2) is 5.82 Å². The number of nitrogens with two attached hydrogens (primary N) is 1. The molecule has 0 unspecified atom stereocenters. The van der Waals surface area contributed by atoms with E-state index in [1.54, 1.807) is 39.0 Å². The number of nitroso groups, excluding NO2 is 1. The lowest BCUT2D eigenvalue weighted by Gasteiger charge is -2.19. The molecule has 0 radical (unpaired) electrons. The summed E-state index contributed by atoms with van der Waals surface area (Å²) in [6, 6.07) is 10.6. The Morgan fingerprint density at radius 1 is 1.07 bits per heavy atom. The van der Waals surface area contributed by atoms with Gasteiger partial charge in [-0.15, -0.1) is 0 Å². The van der Waals surface area contributed by atoms with Gasteiger partial charge in [0.1, 0.15) is 11.4 Å². The maximum atomic E-state index is 13.1. The maximum Gasteiger partial charge on any atom is 0.407 e. The third-order valence-corrected chi connectivity index (χ3v) is 3.57. The molecule has 0 aliphatic heterocycles. The van der Waals surface area contributed by atoms with Gasteiger partial charge in [0.2, 0.25) is 0 Å². The average Bonchev–Trinajstić information content (AvgIpc) is 2.64. The van der Waals surface area contributed by atoms with Crippen LogP contribution in [0.5, 0.6) is 0 Å². The van der Waals surface area contributed by atoms with Gasteiger partial charge >= 0.3 is 6.09 Å². The van der Waals surface area contributed by atoms with Gasteiger partial charge < -0.3 is 21.3 Å². The van der Waals surface area contributed by atoms with Crippen LogP contribution in [0.2, 0.25) is 0 Å². The minimum atomic E-state index is -0.598. The van der Waals surface area contributed by atoms with Crippen LogP contribution < -0.4 is 16.2 Å². The predicted molar refractivity (Wildman–Crippen MR) is 109 cm³/mol. The van der Waals surface area contributed by atoms with E-state index in [2.05, 4.69) is 5.32 Å². The van der Waals surface area contributed by atoms with E-state index in [9.17, 15) is 18.5 Å². The number of nitrogens with one attached hydrogen (secondary N) is 2. The molecule has 0 saturated carbocycles. The van der Waals surface area contributed by atoms with Crippen LogP contribution in [-0.2, 0) is 17.6 Å². The third kappa shape index (κ3) is 11.2. The van der Waals surface area contributed by atoms with Crippen LogP contribution in [0.4, 0.5) is 19.3 Å². The molecule has 0 bridgehead atoms. The van der Waals surface area contributed by atoms with Crippen molar-refractivity contribution in [2.24, 2.45) is 5.73 Å². The topological polar surface area (TPSA) is 125 Å². The second-order valence-corrected chi connectivity index (χ2v) is 7.26. The van der Waals surface area contributed by atoms with Crippen molar-refractivity contribution in [3.8, 4) is 0 Å². The Labute approximate surface area is 174 Å². The fraction of sp³-hybridized carbons (Fsp3) is 0.381. The summed E-state index contributed by atoms with van der Waals surface area (Å²) in [5.41, 5.74) is 6.49. The van der Waals surface area contributed by atoms with Crippen molar-refractivity contribution in [1.29, 1.82) is 0 Å². The molecule has 2 rings (SSSR count). The molecule has 0 spiro atoms. The Morgan fingerprint density at radius 2 is 1.67 bits per heavy atom. The van der Waals surface area contributed by atoms with Crippen molar-refractivity contribution in [1.82, 2.24) is 5.32 Å². The Bertz CT molecular complexity index is 794. The summed E-state index contributed by atoms with van der Waals surface area (Å²) in [6.07, 6.45) is 0.797. The number of carbonyl (C=O) groups excluding carboxylic acids is 1. The first-order valence-corrected chi connectivity index (χ1v) is 9.22. The van der Waals surface area contributed by atoms with Gasteiger partial charge in [-0.1, -0.05) is 18.2 Å². The molecule has 0 heterocycles. The van der Waals surface area contributed by atoms with E-state index < -0.39 is 17.5 Å². The highest BCUT2D eigenvalue weighted by molar-refractivity contribution is 5.67. The number of benzene rings is 2. The lowest BCUT2D eigenvalue weighted by atomic mass is 10.1. The Kier molecular flexibility index (Phi) is 12.0. The number of rotatable bonds is 6. The van der Waals surface area contributed by atoms with E-state index in [-0.39, 0.29) is 17.0 Å². The predicted octanol–water partition coefficient (Wildman–Crippen LogP) is 2.52. The number of hydrogen-bond acceptors (Lipinski definition) is 5. The first kappa shape index (κ1) is 27.1. The van der Waals surface area contributed by atoms with Crippen molar-refractivity contribution in [3.05, 3.63) is 70.1 Å². The van der Waals surface area contributed by atoms with E-state index in [4.69, 9.17) is 10.5 Å². The summed E-state index contributed by atoms with van der Waals surface area (Å²) in [4.78, 5) is 21.8. The summed E-state index contributed by atoms with van der Waals surface area (Å²) in [6.45, 7) is 6.29. The average molecular weight is 425 g/mol. The lowest BCUT2D eigenvalue weighted by Crippen LogP contribution is -2.56. The zero-order valence-corrected chi connectivity index (χ0v) is 17.4. The van der Waals surface area contributed by atoms with E-state index in [1.165, 1.54) is 29.4 Å². The summed E-state index contributed by atoms with van der Waals surface area (Å²) >= 11 is 0. The molecule has 30 heavy (non-hydrogen) atoms. The number of halogens is 2. The molecule has 0 fully saturated rings. The molecular formula is C21H29F2N3O4. The fourth-order valence-corrected chi connectivity index (χ4v) is 2.25. The van der Waals surface area contributed by atoms with Crippen LogP contribution in [0.1, 0.15) is 31.9 Å². The molecule has 9 heteroatoms. The first-order valence-electron chi connectivity index (χ1n) is 9.22. The minimum Gasteiger partial charge on any atom is -0.870 e. The molecule has 0 saturated heterocycles. The summed E-state index contributed by atoms with van der Waals surface area (Å²) < 4.78 is 30.4. The van der Waals surface area contributed by atoms with Crippen molar-refractivity contribution in [2.45, 2.75) is 39.2 Å². The van der Waals surface area contributed by atoms with Crippen LogP contribution in [0, 0.1) is 16.5 Å². The van der Waals surface area contributed by atoms with Crippen LogP contribution in [0.25, 0.3) is 0 Å². The van der Waals surface area contributed by atoms with Gasteiger partial charge in [-0.3, -0.25) is 0 Å². The highest BCUT2D eigenvalue weighted by Crippen LogP contribution is 2.11. The third-order valence-electron chi connectivity index (χ3n) is 3.57. The summed E-state index contributed by atoms with van der Waals surface area (Å²) in [5, 5.41) is 4.12. The van der Waals surface area contributed by atoms with Crippen LogP contribution >= 0.6 is 0 Å². The Hall–Kier alpha value is -2.91. The molecule has 5 N–H and O–H groups in total. The molecular weight excluding hydrogens is 396 g/mol. The number of alkyl carbamates (subject to hydrolysis) is 1. The summed E-state index contributed by atoms with van der Waals surface area (Å²) in [5.74, 6) is -0.792. The fourth-order valence-electron chi connectivity index (χ4n) is 2.25. The lowest BCUT2D eigenvalue weighted by molar-refractivity contribution is -0.382. The van der Waals surface area contributed by atoms with Gasteiger partial charge in [-0.25, -0.2) is 9.18 Å². The highest BCUT2D eigenvalue weighted by atomic mass is 19.1. The number of amides is 1. The number of carbonyl (C=O) groups is 1. The van der Waals surface area contributed by atoms with Gasteiger partial charge in [0, 0.05) is 22.7 Å². The molecule has 166 valence electrons. The monoisotopic (exact) mass is 425 g/mol. The molecule has 0 aliphatic carbocycles. The molecule has 0 aromatic heterocycles. The standard InChI is InChI=1S/C13H17FN2O3.C8H10FN.H2O/c1-13(2,3)19-12(17)15-7-6-9-4-5-10(14)11(8-9)16-18;9-8-3-1-7(2-4-8)5-6-10;/h4-5,8H,6-7H2,1-3H3,(H,15,17);1-4H,5-6,10H2;1H2. The summed E-state index contributed by atoms with van der Waals surface area (Å²) in [7, 11) is 0. The van der Waals surface area contributed by atoms with Crippen molar-refractivity contribution in [3.63, 3.8) is 0 Å². The maximum absolute atomic E-state index is 13.1. The Balaban J connectivity index is 0.000000646. The Morgan fingerprint density at radius 3 is 2.20 bits per heavy atom. The van der Waals surface area contributed by atoms with Gasteiger partial charge in [-0.2, -0.15) is 4.39 Å². The van der Waals surface area contributed by atoms with Crippen LogP contribution in [0.15, 0.2) is 42.5 Å². The second-order valence-electron chi connectivity index (χ2n) is 7.26. The van der Waals surface area contributed by atoms with Crippen molar-refractivity contribution >= 4 is 11.8 Å². The van der Waals surface area contributed by atoms with Gasteiger partial charge in [-0.05, 0) is 69.5 Å². The van der Waals surface area contributed by atoms with Crippen LogP contribution in [-0.4, -0.2) is 30.3 Å². The molecule has 0 aliphatic rings. The second kappa shape index (κ2) is 13.3. The number of ether oxygens (including phenoxy) is 1. The molecule has 1 amide bonds. The first-order chi connectivity index (χ1) is 13.6. The van der Waals surface area contributed by atoms with E-state index >= 15 is 0 Å². The van der Waals surface area contributed by atoms with Crippen LogP contribution in [0.3, 0.4) is 0 Å². The molecule has 0 atom stereocenters. The van der Waals surface area contributed by atoms with Gasteiger partial charge in [0.25, 0.3) is 5.69 Å². The van der Waals surface area contributed by atoms with E-state index in [0.717, 1.165) is 17.5 Å². The zero-order valence-electron chi connectivity index (χ0n) is 17.4. The molecule has 7 nitrogen and oxygen atoms in total. The normalized spacial score (nSPS) is 10.2. The highest BCUT2D eigenvalue weighted by Gasteiger charge is 2.15. The molecule has 2 aromatic carbocycles. The SMILES string of the molecule is CC(C)(C)OC(=O)NCCc1ccc(F)c([NH+]=O)c1.NCCc1ccc(F)cc1.[OH-]. The molecule has 2 aromatic rings. The number of hydrogen-bond donors (Lipinski definition) is 3. The van der Waals surface area contributed by atoms with Gasteiger partial charge in [0.05, 0.1) is 0 Å². The minimum absolute atomic E-state index is 0. The van der Waals surface area contributed by atoms with Crippen molar-refractivity contribution < 1.29 is 29.0 Å². The zero-order chi connectivity index (χ0) is 21.9. The van der Waals surface area contributed by atoms with E-state index in [1.807, 2.05) is 0 Å². The largest absolute Gasteiger partial charge is 0.870 e. The van der Waals surface area contributed by atoms with E-state index in [0.29, 0.717) is 19.5 Å². The van der Waals surface area contributed by atoms with Crippen molar-refractivity contribution in [2.75, 3.05) is 13.1 Å². The smallest absolute Gasteiger partial charge is 0.407 e. The quantitative estimate of drug-likeness (QED) is 0.656.